The number of fused-ring (bicyclic) bond motifs is 5. The van der Waals surface area contributed by atoms with Gasteiger partial charge < -0.3 is 9.84 Å². The van der Waals surface area contributed by atoms with Gasteiger partial charge in [0.1, 0.15) is 5.60 Å². The van der Waals surface area contributed by atoms with Crippen molar-refractivity contribution in [3.63, 3.8) is 0 Å². The summed E-state index contributed by atoms with van der Waals surface area (Å²) in [5.74, 6) is 0.710. The number of carbonyl (C=O) groups excluding carboxylic acids is 1. The minimum Gasteiger partial charge on any atom is -0.490 e. The second-order valence-corrected chi connectivity index (χ2v) is 7.28. The molecule has 0 aromatic heterocycles. The van der Waals surface area contributed by atoms with Crippen molar-refractivity contribution in [1.29, 1.82) is 0 Å². The third kappa shape index (κ3) is 1.95. The first-order valence-corrected chi connectivity index (χ1v) is 8.57. The maximum Gasteiger partial charge on any atom is 0.314 e. The Balaban J connectivity index is 1.77. The van der Waals surface area contributed by atoms with E-state index in [0.717, 1.165) is 24.0 Å². The van der Waals surface area contributed by atoms with Gasteiger partial charge >= 0.3 is 5.69 Å². The van der Waals surface area contributed by atoms with Gasteiger partial charge in [-0.25, -0.2) is 0 Å². The molecule has 2 fully saturated rings. The fourth-order valence-corrected chi connectivity index (χ4v) is 5.42. The van der Waals surface area contributed by atoms with Crippen molar-refractivity contribution < 1.29 is 19.6 Å². The van der Waals surface area contributed by atoms with Crippen LogP contribution in [0.15, 0.2) is 12.1 Å². The van der Waals surface area contributed by atoms with Gasteiger partial charge in [-0.1, -0.05) is 6.07 Å². The smallest absolute Gasteiger partial charge is 0.314 e. The van der Waals surface area contributed by atoms with E-state index in [-0.39, 0.29) is 34.1 Å². The third-order valence-corrected chi connectivity index (χ3v) is 6.46. The second-order valence-electron chi connectivity index (χ2n) is 7.28. The lowest BCUT2D eigenvalue weighted by Crippen LogP contribution is -2.49. The molecule has 0 heterocycles. The largest absolute Gasteiger partial charge is 0.490 e. The van der Waals surface area contributed by atoms with E-state index in [1.54, 1.807) is 6.07 Å². The number of benzene rings is 1. The molecule has 0 saturated heterocycles. The molecule has 2 saturated carbocycles. The van der Waals surface area contributed by atoms with Crippen LogP contribution >= 0.6 is 0 Å². The maximum absolute atomic E-state index is 12.1. The number of ketones is 1. The molecule has 0 radical (unpaired) electrons. The highest BCUT2D eigenvalue weighted by Crippen LogP contribution is 2.57. The molecule has 4 unspecified atom stereocenters. The SMILES string of the molecule is COc1ccc2c(c1[N+](=O)[O-])CCC1C2CCC2(O)C(=O)CCC12. The number of methoxy groups -OCH3 is 1. The molecule has 24 heavy (non-hydrogen) atoms. The number of aliphatic hydroxyl groups is 1. The lowest BCUT2D eigenvalue weighted by Gasteiger charge is -2.47. The Morgan fingerprint density at radius 3 is 2.79 bits per heavy atom. The van der Waals surface area contributed by atoms with E-state index in [1.807, 2.05) is 6.07 Å². The molecule has 6 nitrogen and oxygen atoms in total. The van der Waals surface area contributed by atoms with Crippen molar-refractivity contribution in [1.82, 2.24) is 0 Å². The monoisotopic (exact) mass is 331 g/mol. The van der Waals surface area contributed by atoms with Crippen LogP contribution in [-0.2, 0) is 11.2 Å². The Hall–Kier alpha value is -1.95. The van der Waals surface area contributed by atoms with Crippen LogP contribution in [0.25, 0.3) is 0 Å². The molecule has 1 aromatic carbocycles. The summed E-state index contributed by atoms with van der Waals surface area (Å²) in [7, 11) is 1.45. The number of nitrogens with zero attached hydrogens (tertiary/aromatic N) is 1. The van der Waals surface area contributed by atoms with E-state index < -0.39 is 5.60 Å². The van der Waals surface area contributed by atoms with Gasteiger partial charge in [-0.2, -0.15) is 0 Å². The molecule has 4 atom stereocenters. The first kappa shape index (κ1) is 15.6. The molecule has 1 N–H and O–H groups in total. The van der Waals surface area contributed by atoms with Gasteiger partial charge in [-0.3, -0.25) is 14.9 Å². The summed E-state index contributed by atoms with van der Waals surface area (Å²) in [4.78, 5) is 23.3. The predicted molar refractivity (Wildman–Crippen MR) is 86.1 cm³/mol. The summed E-state index contributed by atoms with van der Waals surface area (Å²) in [6, 6.07) is 3.62. The van der Waals surface area contributed by atoms with Crippen LogP contribution in [0.3, 0.4) is 0 Å². The highest BCUT2D eigenvalue weighted by atomic mass is 16.6. The fourth-order valence-electron chi connectivity index (χ4n) is 5.42. The molecule has 6 heteroatoms. The molecule has 0 spiro atoms. The lowest BCUT2D eigenvalue weighted by atomic mass is 9.59. The van der Waals surface area contributed by atoms with Gasteiger partial charge in [-0.05, 0) is 61.5 Å². The summed E-state index contributed by atoms with van der Waals surface area (Å²) < 4.78 is 5.18. The molecular formula is C18H21NO5. The van der Waals surface area contributed by atoms with E-state index in [2.05, 4.69) is 0 Å². The second kappa shape index (κ2) is 5.28. The molecule has 0 bridgehead atoms. The number of hydrogen-bond acceptors (Lipinski definition) is 5. The zero-order chi connectivity index (χ0) is 17.1. The summed E-state index contributed by atoms with van der Waals surface area (Å²) in [6.45, 7) is 0. The highest BCUT2D eigenvalue weighted by Gasteiger charge is 2.56. The van der Waals surface area contributed by atoms with Crippen molar-refractivity contribution in [3.05, 3.63) is 33.4 Å². The normalized spacial score (nSPS) is 34.2. The zero-order valence-corrected chi connectivity index (χ0v) is 13.7. The summed E-state index contributed by atoms with van der Waals surface area (Å²) >= 11 is 0. The summed E-state index contributed by atoms with van der Waals surface area (Å²) in [6.07, 6.45) is 3.76. The number of nitro benzene ring substituents is 1. The van der Waals surface area contributed by atoms with Gasteiger partial charge in [0.2, 0.25) is 0 Å². The van der Waals surface area contributed by atoms with Crippen LogP contribution in [0.5, 0.6) is 5.75 Å². The van der Waals surface area contributed by atoms with Crippen molar-refractivity contribution in [2.75, 3.05) is 7.11 Å². The standard InChI is InChI=1S/C18H21NO5/c1-24-15-6-4-10-11-8-9-18(21)14(5-7-16(18)20)12(11)2-3-13(10)17(15)19(22)23/h4,6,11-12,14,21H,2-3,5,7-9H2,1H3. The summed E-state index contributed by atoms with van der Waals surface area (Å²) in [5.41, 5.74) is 0.712. The Bertz CT molecular complexity index is 730. The van der Waals surface area contributed by atoms with E-state index >= 15 is 0 Å². The molecule has 3 aliphatic rings. The van der Waals surface area contributed by atoms with Gasteiger partial charge in [0, 0.05) is 12.0 Å². The minimum absolute atomic E-state index is 0.00180. The minimum atomic E-state index is -1.16. The van der Waals surface area contributed by atoms with Gasteiger partial charge in [0.05, 0.1) is 12.0 Å². The number of ether oxygens (including phenoxy) is 1. The maximum atomic E-state index is 12.1. The first-order chi connectivity index (χ1) is 11.5. The van der Waals surface area contributed by atoms with Crippen LogP contribution in [0, 0.1) is 22.0 Å². The molecule has 0 aliphatic heterocycles. The first-order valence-electron chi connectivity index (χ1n) is 8.57. The van der Waals surface area contributed by atoms with Gasteiger partial charge in [-0.15, -0.1) is 0 Å². The Morgan fingerprint density at radius 1 is 1.29 bits per heavy atom. The van der Waals surface area contributed by atoms with Crippen LogP contribution in [-0.4, -0.2) is 28.5 Å². The van der Waals surface area contributed by atoms with Crippen molar-refractivity contribution in [3.8, 4) is 5.75 Å². The quantitative estimate of drug-likeness (QED) is 0.665. The Morgan fingerprint density at radius 2 is 2.08 bits per heavy atom. The lowest BCUT2D eigenvalue weighted by molar-refractivity contribution is -0.386. The molecule has 0 amide bonds. The molecule has 1 aromatic rings. The van der Waals surface area contributed by atoms with Crippen molar-refractivity contribution in [2.45, 2.75) is 50.0 Å². The molecular weight excluding hydrogens is 310 g/mol. The van der Waals surface area contributed by atoms with E-state index in [4.69, 9.17) is 4.74 Å². The van der Waals surface area contributed by atoms with Crippen LogP contribution in [0.1, 0.15) is 49.1 Å². The van der Waals surface area contributed by atoms with Crippen LogP contribution in [0.2, 0.25) is 0 Å². The highest BCUT2D eigenvalue weighted by molar-refractivity contribution is 5.90. The number of nitro groups is 1. The molecule has 128 valence electrons. The van der Waals surface area contributed by atoms with Crippen molar-refractivity contribution in [2.24, 2.45) is 11.8 Å². The van der Waals surface area contributed by atoms with Crippen LogP contribution in [0.4, 0.5) is 5.69 Å². The van der Waals surface area contributed by atoms with Gasteiger partial charge in [0.15, 0.2) is 11.5 Å². The molecule has 3 aliphatic carbocycles. The zero-order valence-electron chi connectivity index (χ0n) is 13.7. The number of rotatable bonds is 2. The third-order valence-electron chi connectivity index (χ3n) is 6.46. The fraction of sp³-hybridized carbons (Fsp3) is 0.611. The van der Waals surface area contributed by atoms with Crippen LogP contribution < -0.4 is 4.74 Å². The number of carbonyl (C=O) groups is 1. The number of hydrogen-bond donors (Lipinski definition) is 1. The summed E-state index contributed by atoms with van der Waals surface area (Å²) in [5, 5.41) is 22.3. The van der Waals surface area contributed by atoms with E-state index in [0.29, 0.717) is 31.4 Å². The van der Waals surface area contributed by atoms with Crippen molar-refractivity contribution >= 4 is 11.5 Å². The average Bonchev–Trinajstić information content (AvgIpc) is 2.88. The molecule has 4 rings (SSSR count). The van der Waals surface area contributed by atoms with E-state index in [9.17, 15) is 20.0 Å². The van der Waals surface area contributed by atoms with E-state index in [1.165, 1.54) is 7.11 Å². The number of Topliss-reactive ketones (excluding diaryl/α,β-unsaturated/α-hetero) is 1. The van der Waals surface area contributed by atoms with Gasteiger partial charge in [0.25, 0.3) is 0 Å². The topological polar surface area (TPSA) is 89.7 Å². The average molecular weight is 331 g/mol. The Kier molecular flexibility index (Phi) is 3.42. The Labute approximate surface area is 140 Å². The predicted octanol–water partition coefficient (Wildman–Crippen LogP) is 2.75.